The first-order valence-electron chi connectivity index (χ1n) is 8.08. The summed E-state index contributed by atoms with van der Waals surface area (Å²) < 4.78 is 36.7. The van der Waals surface area contributed by atoms with Crippen LogP contribution < -0.4 is 10.6 Å². The minimum absolute atomic E-state index is 0.104. The zero-order valence-corrected chi connectivity index (χ0v) is 17.1. The van der Waals surface area contributed by atoms with E-state index in [-0.39, 0.29) is 23.0 Å². The number of hydrogen-bond acceptors (Lipinski definition) is 5. The maximum absolute atomic E-state index is 13.3. The van der Waals surface area contributed by atoms with E-state index in [0.29, 0.717) is 11.6 Å². The highest BCUT2D eigenvalue weighted by molar-refractivity contribution is 7.98. The Kier molecular flexibility index (Phi) is 7.94. The third-order valence-electron chi connectivity index (χ3n) is 3.51. The van der Waals surface area contributed by atoms with Crippen LogP contribution in [0.4, 0.5) is 10.1 Å². The molecule has 2 aromatic rings. The number of sulfone groups is 1. The average Bonchev–Trinajstić information content (AvgIpc) is 2.59. The van der Waals surface area contributed by atoms with Crippen molar-refractivity contribution in [2.24, 2.45) is 0 Å². The van der Waals surface area contributed by atoms with E-state index >= 15 is 0 Å². The molecule has 0 atom stereocenters. The molecule has 2 rings (SSSR count). The van der Waals surface area contributed by atoms with Gasteiger partial charge in [0, 0.05) is 29.3 Å². The Morgan fingerprint density at radius 3 is 2.70 bits per heavy atom. The second kappa shape index (κ2) is 9.96. The molecule has 1 amide bonds. The molecule has 0 aromatic heterocycles. The van der Waals surface area contributed by atoms with Gasteiger partial charge in [0.15, 0.2) is 9.84 Å². The van der Waals surface area contributed by atoms with Gasteiger partial charge in [-0.05, 0) is 35.9 Å². The molecule has 0 aliphatic carbocycles. The molecule has 0 heterocycles. The smallest absolute Gasteiger partial charge is 0.239 e. The van der Waals surface area contributed by atoms with Crippen molar-refractivity contribution in [3.05, 3.63) is 58.9 Å². The van der Waals surface area contributed by atoms with Crippen molar-refractivity contribution < 1.29 is 17.6 Å². The van der Waals surface area contributed by atoms with Crippen LogP contribution >= 0.6 is 23.4 Å². The van der Waals surface area contributed by atoms with Gasteiger partial charge < -0.3 is 10.6 Å². The summed E-state index contributed by atoms with van der Waals surface area (Å²) in [4.78, 5) is 11.7. The van der Waals surface area contributed by atoms with E-state index in [9.17, 15) is 17.6 Å². The van der Waals surface area contributed by atoms with Gasteiger partial charge in [-0.3, -0.25) is 4.79 Å². The van der Waals surface area contributed by atoms with Crippen LogP contribution in [0.15, 0.2) is 47.4 Å². The maximum atomic E-state index is 13.3. The summed E-state index contributed by atoms with van der Waals surface area (Å²) >= 11 is 7.59. The van der Waals surface area contributed by atoms with E-state index in [0.717, 1.165) is 35.5 Å². The van der Waals surface area contributed by atoms with Crippen molar-refractivity contribution in [2.45, 2.75) is 10.6 Å². The number of hydrogen-bond donors (Lipinski definition) is 2. The number of amides is 1. The number of rotatable bonds is 9. The fourth-order valence-corrected chi connectivity index (χ4v) is 4.15. The standard InChI is InChI=1S/C18H20ClFN2O3S2/c1-27(24,25)17-10-15(20)5-6-16(17)22-11-18(23)21-7-8-26-12-13-3-2-4-14(19)9-13/h2-6,9-10,22H,7-8,11-12H2,1H3,(H,21,23). The van der Waals surface area contributed by atoms with Crippen LogP contribution in [0, 0.1) is 5.82 Å². The lowest BCUT2D eigenvalue weighted by atomic mass is 10.2. The van der Waals surface area contributed by atoms with Crippen LogP contribution in [0.1, 0.15) is 5.56 Å². The van der Waals surface area contributed by atoms with Gasteiger partial charge in [0.1, 0.15) is 5.82 Å². The third-order valence-corrected chi connectivity index (χ3v) is 5.91. The van der Waals surface area contributed by atoms with Crippen molar-refractivity contribution in [1.82, 2.24) is 5.32 Å². The van der Waals surface area contributed by atoms with Gasteiger partial charge in [-0.25, -0.2) is 12.8 Å². The van der Waals surface area contributed by atoms with Crippen LogP contribution in [0.2, 0.25) is 5.02 Å². The second-order valence-electron chi connectivity index (χ2n) is 5.80. The first kappa shape index (κ1) is 21.5. The molecule has 0 aliphatic rings. The van der Waals surface area contributed by atoms with Crippen molar-refractivity contribution in [2.75, 3.05) is 30.4 Å². The predicted molar refractivity (Wildman–Crippen MR) is 109 cm³/mol. The molecule has 146 valence electrons. The highest BCUT2D eigenvalue weighted by Gasteiger charge is 2.15. The zero-order valence-electron chi connectivity index (χ0n) is 14.7. The van der Waals surface area contributed by atoms with Gasteiger partial charge in [0.2, 0.25) is 5.91 Å². The quantitative estimate of drug-likeness (QED) is 0.597. The van der Waals surface area contributed by atoms with Gasteiger partial charge in [-0.15, -0.1) is 0 Å². The number of benzene rings is 2. The van der Waals surface area contributed by atoms with Crippen LogP contribution in [-0.4, -0.2) is 39.4 Å². The molecule has 0 bridgehead atoms. The molecule has 0 fully saturated rings. The summed E-state index contributed by atoms with van der Waals surface area (Å²) in [6.07, 6.45) is 0.990. The number of thioether (sulfide) groups is 1. The molecule has 0 radical (unpaired) electrons. The molecule has 5 nitrogen and oxygen atoms in total. The molecule has 0 saturated carbocycles. The van der Waals surface area contributed by atoms with Crippen molar-refractivity contribution in [3.63, 3.8) is 0 Å². The molecule has 0 unspecified atom stereocenters. The lowest BCUT2D eigenvalue weighted by Crippen LogP contribution is -2.31. The number of halogens is 2. The fraction of sp³-hybridized carbons (Fsp3) is 0.278. The van der Waals surface area contributed by atoms with E-state index < -0.39 is 15.7 Å². The van der Waals surface area contributed by atoms with E-state index in [1.54, 1.807) is 11.8 Å². The Labute approximate surface area is 167 Å². The lowest BCUT2D eigenvalue weighted by Gasteiger charge is -2.11. The van der Waals surface area contributed by atoms with Crippen molar-refractivity contribution >= 4 is 44.8 Å². The van der Waals surface area contributed by atoms with E-state index in [1.165, 1.54) is 6.07 Å². The molecule has 2 aromatic carbocycles. The van der Waals surface area contributed by atoms with Crippen LogP contribution in [0.3, 0.4) is 0 Å². The van der Waals surface area contributed by atoms with Crippen LogP contribution in [0.5, 0.6) is 0 Å². The fourth-order valence-electron chi connectivity index (χ4n) is 2.27. The predicted octanol–water partition coefficient (Wildman–Crippen LogP) is 3.34. The minimum atomic E-state index is -3.60. The van der Waals surface area contributed by atoms with Crippen LogP contribution in [0.25, 0.3) is 0 Å². The highest BCUT2D eigenvalue weighted by Crippen LogP contribution is 2.22. The molecule has 2 N–H and O–H groups in total. The zero-order chi connectivity index (χ0) is 19.9. The van der Waals surface area contributed by atoms with Crippen molar-refractivity contribution in [3.8, 4) is 0 Å². The summed E-state index contributed by atoms with van der Waals surface area (Å²) in [6.45, 7) is 0.376. The number of anilines is 1. The highest BCUT2D eigenvalue weighted by atomic mass is 35.5. The Morgan fingerprint density at radius 2 is 2.00 bits per heavy atom. The average molecular weight is 431 g/mol. The molecule has 27 heavy (non-hydrogen) atoms. The van der Waals surface area contributed by atoms with Crippen LogP contribution in [-0.2, 0) is 20.4 Å². The summed E-state index contributed by atoms with van der Waals surface area (Å²) in [7, 11) is -3.60. The molecule has 0 saturated heterocycles. The normalized spacial score (nSPS) is 11.2. The second-order valence-corrected chi connectivity index (χ2v) is 9.32. The Morgan fingerprint density at radius 1 is 1.22 bits per heavy atom. The van der Waals surface area contributed by atoms with Gasteiger partial charge in [0.25, 0.3) is 0 Å². The molecular formula is C18H20ClFN2O3S2. The number of carbonyl (C=O) groups excluding carboxylic acids is 1. The summed E-state index contributed by atoms with van der Waals surface area (Å²) in [5, 5.41) is 6.18. The first-order valence-corrected chi connectivity index (χ1v) is 11.5. The third kappa shape index (κ3) is 7.40. The maximum Gasteiger partial charge on any atom is 0.239 e. The molecule has 9 heteroatoms. The minimum Gasteiger partial charge on any atom is -0.375 e. The van der Waals surface area contributed by atoms with E-state index in [2.05, 4.69) is 10.6 Å². The summed E-state index contributed by atoms with van der Waals surface area (Å²) in [5.41, 5.74) is 1.31. The van der Waals surface area contributed by atoms with Gasteiger partial charge >= 0.3 is 0 Å². The van der Waals surface area contributed by atoms with Gasteiger partial charge in [-0.2, -0.15) is 11.8 Å². The molecule has 0 spiro atoms. The monoisotopic (exact) mass is 430 g/mol. The van der Waals surface area contributed by atoms with Crippen molar-refractivity contribution in [1.29, 1.82) is 0 Å². The topological polar surface area (TPSA) is 75.3 Å². The largest absolute Gasteiger partial charge is 0.375 e. The lowest BCUT2D eigenvalue weighted by molar-refractivity contribution is -0.119. The van der Waals surface area contributed by atoms with E-state index in [4.69, 9.17) is 11.6 Å². The summed E-state index contributed by atoms with van der Waals surface area (Å²) in [6, 6.07) is 11.0. The van der Waals surface area contributed by atoms with Gasteiger partial charge in [-0.1, -0.05) is 23.7 Å². The number of carbonyl (C=O) groups is 1. The Bertz CT molecular complexity index is 907. The van der Waals surface area contributed by atoms with E-state index in [1.807, 2.05) is 24.3 Å². The Hall–Kier alpha value is -1.77. The number of nitrogens with one attached hydrogen (secondary N) is 2. The Balaban J connectivity index is 1.74. The van der Waals surface area contributed by atoms with Gasteiger partial charge in [0.05, 0.1) is 17.1 Å². The molecular weight excluding hydrogens is 411 g/mol. The first-order chi connectivity index (χ1) is 12.8. The molecule has 0 aliphatic heterocycles. The summed E-state index contributed by atoms with van der Waals surface area (Å²) in [5.74, 6) is 0.593. The SMILES string of the molecule is CS(=O)(=O)c1cc(F)ccc1NCC(=O)NCCSCc1cccc(Cl)c1.